The fourth-order valence-electron chi connectivity index (χ4n) is 2.70. The maximum atomic E-state index is 15.2. The van der Waals surface area contributed by atoms with Crippen molar-refractivity contribution in [3.63, 3.8) is 0 Å². The average Bonchev–Trinajstić information content (AvgIpc) is 3.22. The van der Waals surface area contributed by atoms with E-state index < -0.39 is 11.8 Å². The van der Waals surface area contributed by atoms with Crippen LogP contribution in [0.25, 0.3) is 11.4 Å². The van der Waals surface area contributed by atoms with Crippen LogP contribution in [0.4, 0.5) is 21.8 Å². The highest BCUT2D eigenvalue weighted by Crippen LogP contribution is 2.37. The van der Waals surface area contributed by atoms with Gasteiger partial charge in [-0.2, -0.15) is 0 Å². The van der Waals surface area contributed by atoms with Crippen LogP contribution >= 0.6 is 23.2 Å². The maximum Gasteiger partial charge on any atom is 0.358 e. The Bertz CT molecular complexity index is 1060. The molecule has 0 N–H and O–H groups in total. The number of aromatic nitrogens is 2. The van der Waals surface area contributed by atoms with Gasteiger partial charge in [-0.3, -0.25) is 4.90 Å². The van der Waals surface area contributed by atoms with Gasteiger partial charge in [-0.15, -0.1) is 0 Å². The van der Waals surface area contributed by atoms with Crippen LogP contribution in [0.15, 0.2) is 34.9 Å². The van der Waals surface area contributed by atoms with E-state index in [0.717, 1.165) is 0 Å². The number of carbonyl (C=O) groups excluding carboxylic acids is 1. The van der Waals surface area contributed by atoms with Gasteiger partial charge >= 0.3 is 5.97 Å². The molecule has 0 fully saturated rings. The first-order valence-corrected chi connectivity index (χ1v) is 9.10. The Balaban J connectivity index is 2.27. The lowest BCUT2D eigenvalue weighted by Crippen LogP contribution is -2.17. The molecule has 0 aliphatic heterocycles. The summed E-state index contributed by atoms with van der Waals surface area (Å²) in [5.41, 5.74) is 0.0191. The molecule has 0 amide bonds. The molecule has 3 aromatic rings. The summed E-state index contributed by atoms with van der Waals surface area (Å²) in [5.74, 6) is -0.909. The Labute approximate surface area is 176 Å². The lowest BCUT2D eigenvalue weighted by Gasteiger charge is -2.20. The number of rotatable bonds is 5. The van der Waals surface area contributed by atoms with Crippen molar-refractivity contribution in [3.05, 3.63) is 52.1 Å². The van der Waals surface area contributed by atoms with E-state index in [0.29, 0.717) is 5.88 Å². The van der Waals surface area contributed by atoms with Gasteiger partial charge in [0.15, 0.2) is 23.2 Å². The Hall–Kier alpha value is -2.84. The number of hydrogen-bond donors (Lipinski definition) is 0. The first kappa shape index (κ1) is 20.9. The first-order chi connectivity index (χ1) is 13.8. The van der Waals surface area contributed by atoms with Gasteiger partial charge in [-0.1, -0.05) is 23.2 Å². The molecule has 2 aromatic heterocycles. The number of furan rings is 1. The molecule has 152 valence electrons. The Kier molecular flexibility index (Phi) is 5.95. The minimum absolute atomic E-state index is 0.0500. The molecule has 0 aliphatic carbocycles. The summed E-state index contributed by atoms with van der Waals surface area (Å²) in [6, 6.07) is 6.33. The SMILES string of the molecule is COC(=O)c1nc(-c2ccc(Cl)c(N(C)C)c2F)nc(N(C)c2ccco2)c1Cl. The van der Waals surface area contributed by atoms with Gasteiger partial charge in [0.2, 0.25) is 5.88 Å². The predicted molar refractivity (Wildman–Crippen MR) is 110 cm³/mol. The number of nitrogens with zero attached hydrogens (tertiary/aromatic N) is 4. The number of benzene rings is 1. The highest BCUT2D eigenvalue weighted by Gasteiger charge is 2.26. The smallest absolute Gasteiger partial charge is 0.358 e. The zero-order valence-corrected chi connectivity index (χ0v) is 17.5. The number of esters is 1. The molecule has 0 aliphatic rings. The van der Waals surface area contributed by atoms with E-state index in [-0.39, 0.29) is 38.6 Å². The van der Waals surface area contributed by atoms with Crippen molar-refractivity contribution in [2.45, 2.75) is 0 Å². The molecular weight excluding hydrogens is 422 g/mol. The molecule has 0 atom stereocenters. The molecular formula is C19H17Cl2FN4O3. The number of hydrogen-bond acceptors (Lipinski definition) is 7. The van der Waals surface area contributed by atoms with Gasteiger partial charge in [0.1, 0.15) is 5.02 Å². The van der Waals surface area contributed by atoms with E-state index in [1.165, 1.54) is 35.3 Å². The van der Waals surface area contributed by atoms with E-state index in [9.17, 15) is 4.79 Å². The number of halogens is 3. The molecule has 0 unspecified atom stereocenters. The topological polar surface area (TPSA) is 71.7 Å². The molecule has 0 saturated heterocycles. The zero-order valence-electron chi connectivity index (χ0n) is 16.0. The maximum absolute atomic E-state index is 15.2. The van der Waals surface area contributed by atoms with Crippen LogP contribution in [-0.2, 0) is 4.74 Å². The summed E-state index contributed by atoms with van der Waals surface area (Å²) in [5, 5.41) is 0.174. The van der Waals surface area contributed by atoms with Crippen molar-refractivity contribution in [3.8, 4) is 11.4 Å². The van der Waals surface area contributed by atoms with Gasteiger partial charge in [0, 0.05) is 27.2 Å². The minimum Gasteiger partial charge on any atom is -0.464 e. The second-order valence-corrected chi connectivity index (χ2v) is 6.97. The summed E-state index contributed by atoms with van der Waals surface area (Å²) < 4.78 is 25.3. The van der Waals surface area contributed by atoms with Crippen molar-refractivity contribution >= 4 is 46.6 Å². The third-order valence-electron chi connectivity index (χ3n) is 4.12. The van der Waals surface area contributed by atoms with Crippen LogP contribution in [0.5, 0.6) is 0 Å². The fraction of sp³-hybridized carbons (Fsp3) is 0.211. The molecule has 1 aromatic carbocycles. The van der Waals surface area contributed by atoms with Gasteiger partial charge < -0.3 is 14.1 Å². The first-order valence-electron chi connectivity index (χ1n) is 8.35. The molecule has 10 heteroatoms. The molecule has 3 rings (SSSR count). The van der Waals surface area contributed by atoms with Crippen LogP contribution in [-0.4, -0.2) is 44.2 Å². The Morgan fingerprint density at radius 3 is 2.48 bits per heavy atom. The summed E-state index contributed by atoms with van der Waals surface area (Å²) in [7, 11) is 6.16. The molecule has 0 saturated carbocycles. The Morgan fingerprint density at radius 2 is 1.90 bits per heavy atom. The van der Waals surface area contributed by atoms with Crippen molar-refractivity contribution < 1.29 is 18.3 Å². The molecule has 0 radical (unpaired) electrons. The summed E-state index contributed by atoms with van der Waals surface area (Å²) in [4.78, 5) is 23.8. The summed E-state index contributed by atoms with van der Waals surface area (Å²) in [6.07, 6.45) is 1.48. The van der Waals surface area contributed by atoms with E-state index in [1.54, 1.807) is 33.3 Å². The molecule has 2 heterocycles. The second-order valence-electron chi connectivity index (χ2n) is 6.19. The highest BCUT2D eigenvalue weighted by atomic mass is 35.5. The fourth-order valence-corrected chi connectivity index (χ4v) is 3.30. The highest BCUT2D eigenvalue weighted by molar-refractivity contribution is 6.35. The van der Waals surface area contributed by atoms with Crippen LogP contribution in [0.1, 0.15) is 10.5 Å². The van der Waals surface area contributed by atoms with Gasteiger partial charge in [0.25, 0.3) is 0 Å². The van der Waals surface area contributed by atoms with Crippen LogP contribution in [0.3, 0.4) is 0 Å². The zero-order chi connectivity index (χ0) is 21.3. The van der Waals surface area contributed by atoms with Crippen molar-refractivity contribution in [2.24, 2.45) is 0 Å². The second kappa shape index (κ2) is 8.26. The largest absolute Gasteiger partial charge is 0.464 e. The van der Waals surface area contributed by atoms with Gasteiger partial charge in [-0.25, -0.2) is 19.2 Å². The standard InChI is InChI=1S/C19H17Cl2FN4O3/c1-25(2)16-11(20)8-7-10(14(16)22)17-23-15(19(27)28-4)13(21)18(24-17)26(3)12-6-5-9-29-12/h5-9H,1-4H3. The predicted octanol–water partition coefficient (Wildman–Crippen LogP) is 4.80. The van der Waals surface area contributed by atoms with E-state index in [2.05, 4.69) is 9.97 Å². The Morgan fingerprint density at radius 1 is 1.17 bits per heavy atom. The van der Waals surface area contributed by atoms with E-state index in [1.807, 2.05) is 0 Å². The third kappa shape index (κ3) is 3.86. The van der Waals surface area contributed by atoms with E-state index >= 15 is 4.39 Å². The van der Waals surface area contributed by atoms with Crippen molar-refractivity contribution in [1.82, 2.24) is 9.97 Å². The average molecular weight is 439 g/mol. The van der Waals surface area contributed by atoms with Gasteiger partial charge in [0.05, 0.1) is 29.6 Å². The lowest BCUT2D eigenvalue weighted by atomic mass is 10.1. The van der Waals surface area contributed by atoms with Crippen LogP contribution in [0, 0.1) is 5.82 Å². The molecule has 7 nitrogen and oxygen atoms in total. The quantitative estimate of drug-likeness (QED) is 0.529. The van der Waals surface area contributed by atoms with Crippen molar-refractivity contribution in [2.75, 3.05) is 38.1 Å². The minimum atomic E-state index is -0.782. The van der Waals surface area contributed by atoms with Crippen LogP contribution in [0.2, 0.25) is 10.0 Å². The lowest BCUT2D eigenvalue weighted by molar-refractivity contribution is 0.0594. The van der Waals surface area contributed by atoms with E-state index in [4.69, 9.17) is 32.4 Å². The monoisotopic (exact) mass is 438 g/mol. The van der Waals surface area contributed by atoms with Crippen molar-refractivity contribution in [1.29, 1.82) is 0 Å². The van der Waals surface area contributed by atoms with Crippen LogP contribution < -0.4 is 9.80 Å². The number of anilines is 3. The number of carbonyl (C=O) groups is 1. The summed E-state index contributed by atoms with van der Waals surface area (Å²) in [6.45, 7) is 0. The normalized spacial score (nSPS) is 10.7. The summed E-state index contributed by atoms with van der Waals surface area (Å²) >= 11 is 12.5. The third-order valence-corrected chi connectivity index (χ3v) is 4.77. The molecule has 29 heavy (non-hydrogen) atoms. The number of ether oxygens (including phenoxy) is 1. The number of methoxy groups -OCH3 is 1. The molecule has 0 bridgehead atoms. The molecule has 0 spiro atoms. The van der Waals surface area contributed by atoms with Gasteiger partial charge in [-0.05, 0) is 18.2 Å².